The summed E-state index contributed by atoms with van der Waals surface area (Å²) in [6.45, 7) is 1.95. The minimum Gasteiger partial charge on any atom is -0.486 e. The lowest BCUT2D eigenvalue weighted by atomic mass is 10.2. The van der Waals surface area contributed by atoms with Gasteiger partial charge in [0, 0.05) is 13.1 Å². The highest BCUT2D eigenvalue weighted by Crippen LogP contribution is 2.38. The lowest BCUT2D eigenvalue weighted by Gasteiger charge is -2.20. The number of alkyl halides is 2. The van der Waals surface area contributed by atoms with Gasteiger partial charge in [0.15, 0.2) is 11.5 Å². The molecular weight excluding hydrogens is 336 g/mol. The van der Waals surface area contributed by atoms with Gasteiger partial charge in [-0.2, -0.15) is 0 Å². The lowest BCUT2D eigenvalue weighted by molar-refractivity contribution is 0.0187. The predicted molar refractivity (Wildman–Crippen MR) is 73.7 cm³/mol. The van der Waals surface area contributed by atoms with Crippen molar-refractivity contribution in [1.82, 2.24) is 5.32 Å². The highest BCUT2D eigenvalue weighted by Gasteiger charge is 2.16. The highest BCUT2D eigenvalue weighted by atomic mass is 79.9. The van der Waals surface area contributed by atoms with Crippen molar-refractivity contribution < 1.29 is 23.0 Å². The molecule has 0 spiro atoms. The Bertz CT molecular complexity index is 446. The van der Waals surface area contributed by atoms with Gasteiger partial charge in [-0.3, -0.25) is 0 Å². The van der Waals surface area contributed by atoms with E-state index in [0.29, 0.717) is 26.3 Å². The predicted octanol–water partition coefficient (Wildman–Crippen LogP) is 2.59. The quantitative estimate of drug-likeness (QED) is 0.766. The van der Waals surface area contributed by atoms with Gasteiger partial charge in [-0.1, -0.05) is 0 Å². The van der Waals surface area contributed by atoms with E-state index in [9.17, 15) is 8.78 Å². The molecule has 1 aromatic rings. The monoisotopic (exact) mass is 351 g/mol. The highest BCUT2D eigenvalue weighted by molar-refractivity contribution is 9.10. The lowest BCUT2D eigenvalue weighted by Crippen LogP contribution is -2.21. The summed E-state index contributed by atoms with van der Waals surface area (Å²) >= 11 is 3.44. The van der Waals surface area contributed by atoms with Crippen LogP contribution in [0.2, 0.25) is 0 Å². The van der Waals surface area contributed by atoms with Crippen LogP contribution in [0, 0.1) is 0 Å². The van der Waals surface area contributed by atoms with Crippen molar-refractivity contribution >= 4 is 15.9 Å². The molecular formula is C13H16BrF2NO3. The fraction of sp³-hybridized carbons (Fsp3) is 0.538. The van der Waals surface area contributed by atoms with Crippen LogP contribution >= 0.6 is 15.9 Å². The third kappa shape index (κ3) is 4.57. The van der Waals surface area contributed by atoms with Gasteiger partial charge in [-0.25, -0.2) is 8.78 Å². The number of ether oxygens (including phenoxy) is 3. The summed E-state index contributed by atoms with van der Waals surface area (Å²) in [6, 6.07) is 3.85. The maximum absolute atomic E-state index is 11.8. The smallest absolute Gasteiger partial charge is 0.261 e. The van der Waals surface area contributed by atoms with Crippen LogP contribution in [-0.4, -0.2) is 39.4 Å². The third-order valence-corrected chi connectivity index (χ3v) is 3.24. The Kier molecular flexibility index (Phi) is 6.00. The zero-order chi connectivity index (χ0) is 14.4. The van der Waals surface area contributed by atoms with Crippen molar-refractivity contribution in [2.24, 2.45) is 0 Å². The number of rotatable bonds is 7. The van der Waals surface area contributed by atoms with Crippen molar-refractivity contribution in [1.29, 1.82) is 0 Å². The Balaban J connectivity index is 1.77. The molecule has 0 aliphatic carbocycles. The second-order valence-corrected chi connectivity index (χ2v) is 5.10. The zero-order valence-electron chi connectivity index (χ0n) is 10.8. The average Bonchev–Trinajstić information content (AvgIpc) is 2.42. The van der Waals surface area contributed by atoms with Gasteiger partial charge in [-0.05, 0) is 33.6 Å². The first-order valence-electron chi connectivity index (χ1n) is 6.31. The number of halogens is 3. The molecule has 0 saturated heterocycles. The second-order valence-electron chi connectivity index (χ2n) is 4.24. The van der Waals surface area contributed by atoms with Gasteiger partial charge in [0.2, 0.25) is 0 Å². The van der Waals surface area contributed by atoms with Crippen LogP contribution in [0.1, 0.15) is 5.56 Å². The van der Waals surface area contributed by atoms with Crippen LogP contribution in [0.3, 0.4) is 0 Å². The van der Waals surface area contributed by atoms with E-state index >= 15 is 0 Å². The van der Waals surface area contributed by atoms with Gasteiger partial charge in [-0.15, -0.1) is 0 Å². The Labute approximate surface area is 124 Å². The molecule has 2 rings (SSSR count). The molecule has 4 nitrogen and oxygen atoms in total. The molecule has 0 atom stereocenters. The van der Waals surface area contributed by atoms with E-state index in [2.05, 4.69) is 21.2 Å². The van der Waals surface area contributed by atoms with Crippen molar-refractivity contribution in [3.63, 3.8) is 0 Å². The SMILES string of the molecule is FC(F)COCCNCc1cc(Br)c2c(c1)OCCO2. The summed E-state index contributed by atoms with van der Waals surface area (Å²) in [4.78, 5) is 0. The van der Waals surface area contributed by atoms with Gasteiger partial charge >= 0.3 is 0 Å². The van der Waals surface area contributed by atoms with Gasteiger partial charge in [0.25, 0.3) is 6.43 Å². The molecule has 0 bridgehead atoms. The summed E-state index contributed by atoms with van der Waals surface area (Å²) in [5.74, 6) is 1.44. The largest absolute Gasteiger partial charge is 0.486 e. The topological polar surface area (TPSA) is 39.7 Å². The zero-order valence-corrected chi connectivity index (χ0v) is 12.4. The maximum atomic E-state index is 11.8. The fourth-order valence-corrected chi connectivity index (χ4v) is 2.42. The van der Waals surface area contributed by atoms with Crippen molar-refractivity contribution in [3.05, 3.63) is 22.2 Å². The van der Waals surface area contributed by atoms with E-state index in [-0.39, 0.29) is 6.61 Å². The molecule has 1 heterocycles. The number of benzene rings is 1. The maximum Gasteiger partial charge on any atom is 0.261 e. The molecule has 1 aromatic carbocycles. The van der Waals surface area contributed by atoms with Crippen LogP contribution in [0.4, 0.5) is 8.78 Å². The van der Waals surface area contributed by atoms with Crippen LogP contribution in [0.5, 0.6) is 11.5 Å². The average molecular weight is 352 g/mol. The summed E-state index contributed by atoms with van der Waals surface area (Å²) in [7, 11) is 0. The molecule has 0 unspecified atom stereocenters. The molecule has 0 radical (unpaired) electrons. The Morgan fingerprint density at radius 3 is 2.90 bits per heavy atom. The number of nitrogens with one attached hydrogen (secondary N) is 1. The van der Waals surface area contributed by atoms with E-state index in [1.165, 1.54) is 0 Å². The fourth-order valence-electron chi connectivity index (χ4n) is 1.82. The molecule has 0 amide bonds. The summed E-state index contributed by atoms with van der Waals surface area (Å²) in [5.41, 5.74) is 1.02. The summed E-state index contributed by atoms with van der Waals surface area (Å²) < 4.78 is 40.3. The van der Waals surface area contributed by atoms with Crippen molar-refractivity contribution in [3.8, 4) is 11.5 Å². The third-order valence-electron chi connectivity index (χ3n) is 2.65. The van der Waals surface area contributed by atoms with E-state index in [1.807, 2.05) is 12.1 Å². The van der Waals surface area contributed by atoms with Crippen molar-refractivity contribution in [2.75, 3.05) is 33.0 Å². The van der Waals surface area contributed by atoms with Crippen molar-refractivity contribution in [2.45, 2.75) is 13.0 Å². The van der Waals surface area contributed by atoms with E-state index < -0.39 is 13.0 Å². The first-order valence-corrected chi connectivity index (χ1v) is 7.10. The minimum atomic E-state index is -2.41. The number of hydrogen-bond donors (Lipinski definition) is 1. The molecule has 7 heteroatoms. The summed E-state index contributed by atoms with van der Waals surface area (Å²) in [5, 5.41) is 3.12. The van der Waals surface area contributed by atoms with Crippen LogP contribution < -0.4 is 14.8 Å². The molecule has 1 aliphatic heterocycles. The first-order chi connectivity index (χ1) is 9.66. The summed E-state index contributed by atoms with van der Waals surface area (Å²) in [6.07, 6.45) is -2.41. The Morgan fingerprint density at radius 1 is 1.30 bits per heavy atom. The Hall–Kier alpha value is -0.920. The molecule has 0 fully saturated rings. The van der Waals surface area contributed by atoms with E-state index in [4.69, 9.17) is 14.2 Å². The molecule has 0 aromatic heterocycles. The first kappa shape index (κ1) is 15.5. The van der Waals surface area contributed by atoms with Crippen LogP contribution in [0.25, 0.3) is 0 Å². The second kappa shape index (κ2) is 7.75. The number of fused-ring (bicyclic) bond motifs is 1. The molecule has 20 heavy (non-hydrogen) atoms. The Morgan fingerprint density at radius 2 is 2.10 bits per heavy atom. The standard InChI is InChI=1S/C13H16BrF2NO3/c14-10-5-9(6-11-13(10)20-4-3-19-11)7-17-1-2-18-8-12(15)16/h5-6,12,17H,1-4,7-8H2. The van der Waals surface area contributed by atoms with Gasteiger partial charge in [0.05, 0.1) is 11.1 Å². The van der Waals surface area contributed by atoms with Crippen LogP contribution in [0.15, 0.2) is 16.6 Å². The van der Waals surface area contributed by atoms with E-state index in [0.717, 1.165) is 21.5 Å². The van der Waals surface area contributed by atoms with Crippen LogP contribution in [-0.2, 0) is 11.3 Å². The minimum absolute atomic E-state index is 0.260. The van der Waals surface area contributed by atoms with Gasteiger partial charge in [0.1, 0.15) is 19.8 Å². The molecule has 1 N–H and O–H groups in total. The number of hydrogen-bond acceptors (Lipinski definition) is 4. The normalized spacial score (nSPS) is 13.8. The van der Waals surface area contributed by atoms with Gasteiger partial charge < -0.3 is 19.5 Å². The molecule has 112 valence electrons. The molecule has 0 saturated carbocycles. The van der Waals surface area contributed by atoms with E-state index in [1.54, 1.807) is 0 Å². The molecule has 1 aliphatic rings.